The van der Waals surface area contributed by atoms with Gasteiger partial charge in [0.1, 0.15) is 17.8 Å². The van der Waals surface area contributed by atoms with Gasteiger partial charge in [0.15, 0.2) is 0 Å². The number of H-pyrrole nitrogens is 1. The van der Waals surface area contributed by atoms with E-state index < -0.39 is 10.0 Å². The molecule has 2 fully saturated rings. The van der Waals surface area contributed by atoms with Crippen molar-refractivity contribution in [2.75, 3.05) is 37.3 Å². The Balaban J connectivity index is 1.31. The number of nitrogens with zero attached hydrogens (tertiary/aromatic N) is 4. The lowest BCUT2D eigenvalue weighted by atomic mass is 9.86. The quantitative estimate of drug-likeness (QED) is 0.645. The first-order chi connectivity index (χ1) is 14.9. The van der Waals surface area contributed by atoms with Crippen LogP contribution in [-0.2, 0) is 10.0 Å². The van der Waals surface area contributed by atoms with E-state index in [1.807, 2.05) is 12.3 Å². The molecule has 2 N–H and O–H groups in total. The van der Waals surface area contributed by atoms with Gasteiger partial charge in [-0.25, -0.2) is 22.7 Å². The molecule has 0 amide bonds. The first-order valence-electron chi connectivity index (χ1n) is 11.6. The number of hydrogen-bond donors (Lipinski definition) is 2. The van der Waals surface area contributed by atoms with Crippen LogP contribution in [0.25, 0.3) is 11.0 Å². The Bertz CT molecular complexity index is 969. The van der Waals surface area contributed by atoms with Crippen molar-refractivity contribution < 1.29 is 8.42 Å². The highest BCUT2D eigenvalue weighted by molar-refractivity contribution is 7.89. The van der Waals surface area contributed by atoms with E-state index in [1.54, 1.807) is 10.6 Å². The average molecular weight is 449 g/mol. The molecule has 2 aromatic rings. The zero-order chi connectivity index (χ0) is 22.0. The number of sulfonamides is 1. The van der Waals surface area contributed by atoms with E-state index in [2.05, 4.69) is 46.1 Å². The molecule has 1 saturated heterocycles. The lowest BCUT2D eigenvalue weighted by Gasteiger charge is -2.35. The Kier molecular flexibility index (Phi) is 6.83. The summed E-state index contributed by atoms with van der Waals surface area (Å²) < 4.78 is 27.9. The average Bonchev–Trinajstić information content (AvgIpc) is 3.43. The Morgan fingerprint density at radius 1 is 1.26 bits per heavy atom. The third kappa shape index (κ3) is 4.88. The van der Waals surface area contributed by atoms with Gasteiger partial charge in [0.25, 0.3) is 0 Å². The Labute approximate surface area is 185 Å². The summed E-state index contributed by atoms with van der Waals surface area (Å²) >= 11 is 0. The van der Waals surface area contributed by atoms with Gasteiger partial charge in [-0.15, -0.1) is 0 Å². The molecular formula is C22H36N6O2S. The number of anilines is 1. The van der Waals surface area contributed by atoms with E-state index >= 15 is 0 Å². The van der Waals surface area contributed by atoms with Crippen LogP contribution in [0.4, 0.5) is 5.82 Å². The molecule has 8 nitrogen and oxygen atoms in total. The molecule has 1 unspecified atom stereocenters. The van der Waals surface area contributed by atoms with Gasteiger partial charge < -0.3 is 15.2 Å². The van der Waals surface area contributed by atoms with Crippen LogP contribution < -0.4 is 10.2 Å². The SMILES string of the molecule is CCNC(C)[C@@H]1CCN(S(=O)(=O)CC2CCC(N(C)c3ncnc4[nH]ccc34)CC2)C1. The van der Waals surface area contributed by atoms with E-state index in [0.29, 0.717) is 36.8 Å². The van der Waals surface area contributed by atoms with Crippen LogP contribution in [0, 0.1) is 11.8 Å². The van der Waals surface area contributed by atoms with Crippen molar-refractivity contribution in [3.8, 4) is 0 Å². The summed E-state index contributed by atoms with van der Waals surface area (Å²) in [4.78, 5) is 14.2. The highest BCUT2D eigenvalue weighted by Crippen LogP contribution is 2.33. The number of hydrogen-bond acceptors (Lipinski definition) is 6. The van der Waals surface area contributed by atoms with Crippen molar-refractivity contribution in [2.45, 2.75) is 58.0 Å². The minimum atomic E-state index is -3.18. The molecule has 172 valence electrons. The van der Waals surface area contributed by atoms with E-state index in [1.165, 1.54) is 0 Å². The highest BCUT2D eigenvalue weighted by Gasteiger charge is 2.36. The summed E-state index contributed by atoms with van der Waals surface area (Å²) in [6.07, 6.45) is 8.32. The summed E-state index contributed by atoms with van der Waals surface area (Å²) in [5.41, 5.74) is 0.851. The van der Waals surface area contributed by atoms with Crippen LogP contribution >= 0.6 is 0 Å². The summed E-state index contributed by atoms with van der Waals surface area (Å²) in [5.74, 6) is 1.90. The predicted molar refractivity (Wildman–Crippen MR) is 125 cm³/mol. The maximum absolute atomic E-state index is 13.1. The molecule has 31 heavy (non-hydrogen) atoms. The molecule has 1 aliphatic carbocycles. The normalized spacial score (nSPS) is 26.4. The summed E-state index contributed by atoms with van der Waals surface area (Å²) in [7, 11) is -1.10. The first kappa shape index (κ1) is 22.5. The first-order valence-corrected chi connectivity index (χ1v) is 13.2. The van der Waals surface area contributed by atoms with Crippen LogP contribution in [0.2, 0.25) is 0 Å². The standard InChI is InChI=1S/C22H36N6O2S/c1-4-23-16(2)18-10-12-28(13-18)31(29,30)14-17-5-7-19(8-6-17)27(3)22-20-9-11-24-21(20)25-15-26-22/h9,11,15-19,23H,4-8,10,12-14H2,1-3H3,(H,24,25,26)/t16?,17?,18-,19?/m1/s1. The van der Waals surface area contributed by atoms with E-state index in [0.717, 1.165) is 55.5 Å². The van der Waals surface area contributed by atoms with Crippen molar-refractivity contribution in [3.63, 3.8) is 0 Å². The van der Waals surface area contributed by atoms with Crippen LogP contribution in [-0.4, -0.2) is 72.2 Å². The van der Waals surface area contributed by atoms with Crippen LogP contribution in [0.15, 0.2) is 18.6 Å². The molecule has 0 radical (unpaired) electrons. The molecule has 0 bridgehead atoms. The molecule has 2 atom stereocenters. The fraction of sp³-hybridized carbons (Fsp3) is 0.727. The topological polar surface area (TPSA) is 94.2 Å². The summed E-state index contributed by atoms with van der Waals surface area (Å²) in [6.45, 7) is 6.52. The van der Waals surface area contributed by atoms with Gasteiger partial charge in [0.05, 0.1) is 11.1 Å². The second-order valence-corrected chi connectivity index (χ2v) is 11.3. The fourth-order valence-electron chi connectivity index (χ4n) is 5.32. The van der Waals surface area contributed by atoms with E-state index in [4.69, 9.17) is 0 Å². The molecular weight excluding hydrogens is 412 g/mol. The Morgan fingerprint density at radius 2 is 2.03 bits per heavy atom. The second-order valence-electron chi connectivity index (χ2n) is 9.25. The number of aromatic amines is 1. The van der Waals surface area contributed by atoms with Crippen LogP contribution in [0.3, 0.4) is 0 Å². The smallest absolute Gasteiger partial charge is 0.214 e. The van der Waals surface area contributed by atoms with Gasteiger partial charge in [-0.05, 0) is 63.5 Å². The van der Waals surface area contributed by atoms with Gasteiger partial charge in [-0.3, -0.25) is 0 Å². The minimum absolute atomic E-state index is 0.248. The van der Waals surface area contributed by atoms with Gasteiger partial charge in [0.2, 0.25) is 10.0 Å². The molecule has 0 spiro atoms. The van der Waals surface area contributed by atoms with Gasteiger partial charge >= 0.3 is 0 Å². The van der Waals surface area contributed by atoms with Crippen molar-refractivity contribution in [2.24, 2.45) is 11.8 Å². The Morgan fingerprint density at radius 3 is 2.77 bits per heavy atom. The zero-order valence-electron chi connectivity index (χ0n) is 18.9. The number of nitrogens with one attached hydrogen (secondary N) is 2. The lowest BCUT2D eigenvalue weighted by Crippen LogP contribution is -2.40. The molecule has 9 heteroatoms. The maximum atomic E-state index is 13.1. The maximum Gasteiger partial charge on any atom is 0.214 e. The monoisotopic (exact) mass is 448 g/mol. The molecule has 2 aliphatic rings. The highest BCUT2D eigenvalue weighted by atomic mass is 32.2. The van der Waals surface area contributed by atoms with Gasteiger partial charge in [0, 0.05) is 38.4 Å². The third-order valence-corrected chi connectivity index (χ3v) is 9.30. The van der Waals surface area contributed by atoms with E-state index in [9.17, 15) is 8.42 Å². The number of aromatic nitrogens is 3. The largest absolute Gasteiger partial charge is 0.356 e. The molecule has 1 saturated carbocycles. The predicted octanol–water partition coefficient (Wildman–Crippen LogP) is 2.60. The molecule has 3 heterocycles. The van der Waals surface area contributed by atoms with Crippen molar-refractivity contribution in [1.29, 1.82) is 0 Å². The molecule has 0 aromatic carbocycles. The van der Waals surface area contributed by atoms with Crippen molar-refractivity contribution >= 4 is 26.9 Å². The fourth-order valence-corrected chi connectivity index (χ4v) is 7.26. The number of fused-ring (bicyclic) bond motifs is 1. The molecule has 2 aromatic heterocycles. The second kappa shape index (κ2) is 9.42. The molecule has 1 aliphatic heterocycles. The van der Waals surface area contributed by atoms with E-state index in [-0.39, 0.29) is 5.92 Å². The minimum Gasteiger partial charge on any atom is -0.356 e. The summed E-state index contributed by atoms with van der Waals surface area (Å²) in [6, 6.07) is 2.76. The van der Waals surface area contributed by atoms with Gasteiger partial charge in [-0.1, -0.05) is 6.92 Å². The van der Waals surface area contributed by atoms with Crippen LogP contribution in [0.5, 0.6) is 0 Å². The van der Waals surface area contributed by atoms with Crippen molar-refractivity contribution in [3.05, 3.63) is 18.6 Å². The molecule has 4 rings (SSSR count). The zero-order valence-corrected chi connectivity index (χ0v) is 19.7. The summed E-state index contributed by atoms with van der Waals surface area (Å²) in [5, 5.41) is 4.47. The third-order valence-electron chi connectivity index (χ3n) is 7.29. The lowest BCUT2D eigenvalue weighted by molar-refractivity contribution is 0.334. The van der Waals surface area contributed by atoms with Gasteiger partial charge in [-0.2, -0.15) is 0 Å². The van der Waals surface area contributed by atoms with Crippen LogP contribution in [0.1, 0.15) is 46.0 Å². The number of rotatable bonds is 8. The van der Waals surface area contributed by atoms with Crippen molar-refractivity contribution in [1.82, 2.24) is 24.6 Å². The Hall–Kier alpha value is -1.71.